The van der Waals surface area contributed by atoms with Gasteiger partial charge in [0, 0.05) is 23.4 Å². The van der Waals surface area contributed by atoms with Gasteiger partial charge in [-0.05, 0) is 49.4 Å². The first kappa shape index (κ1) is 18.8. The monoisotopic (exact) mass is 379 g/mol. The first-order valence-corrected chi connectivity index (χ1v) is 8.32. The number of hydrogen-bond acceptors (Lipinski definition) is 6. The van der Waals surface area contributed by atoms with Crippen molar-refractivity contribution in [3.05, 3.63) is 82.0 Å². The van der Waals surface area contributed by atoms with Crippen LogP contribution in [0.25, 0.3) is 0 Å². The van der Waals surface area contributed by atoms with E-state index in [-0.39, 0.29) is 22.7 Å². The van der Waals surface area contributed by atoms with Crippen LogP contribution in [0.2, 0.25) is 0 Å². The first-order chi connectivity index (χ1) is 13.5. The fourth-order valence-electron chi connectivity index (χ4n) is 2.58. The van der Waals surface area contributed by atoms with E-state index < -0.39 is 10.8 Å². The second kappa shape index (κ2) is 8.17. The predicted octanol–water partition coefficient (Wildman–Crippen LogP) is 4.35. The van der Waals surface area contributed by atoms with Crippen LogP contribution in [0.5, 0.6) is 17.4 Å². The van der Waals surface area contributed by atoms with E-state index in [2.05, 4.69) is 10.3 Å². The van der Waals surface area contributed by atoms with E-state index in [0.29, 0.717) is 17.2 Å². The molecule has 1 N–H and O–H groups in total. The van der Waals surface area contributed by atoms with Crippen LogP contribution in [0.3, 0.4) is 0 Å². The molecule has 1 heterocycles. The second-order valence-corrected chi connectivity index (χ2v) is 5.79. The topological polar surface area (TPSA) is 104 Å². The molecule has 0 aliphatic rings. The molecule has 28 heavy (non-hydrogen) atoms. The van der Waals surface area contributed by atoms with Crippen molar-refractivity contribution in [2.45, 2.75) is 6.92 Å². The Labute approximate surface area is 160 Å². The zero-order valence-corrected chi connectivity index (χ0v) is 15.2. The van der Waals surface area contributed by atoms with Crippen LogP contribution in [0, 0.1) is 17.0 Å². The molecule has 0 unspecified atom stereocenters. The summed E-state index contributed by atoms with van der Waals surface area (Å²) < 4.78 is 10.9. The molecule has 0 fully saturated rings. The minimum Gasteiger partial charge on any atom is -0.497 e. The van der Waals surface area contributed by atoms with Gasteiger partial charge in [0.15, 0.2) is 0 Å². The van der Waals surface area contributed by atoms with Gasteiger partial charge in [-0.1, -0.05) is 6.07 Å². The second-order valence-electron chi connectivity index (χ2n) is 5.79. The van der Waals surface area contributed by atoms with Crippen LogP contribution < -0.4 is 14.8 Å². The van der Waals surface area contributed by atoms with Crippen molar-refractivity contribution in [3.63, 3.8) is 0 Å². The number of carbonyl (C=O) groups is 1. The number of nitro benzene ring substituents is 1. The van der Waals surface area contributed by atoms with Crippen molar-refractivity contribution in [1.82, 2.24) is 4.98 Å². The highest BCUT2D eigenvalue weighted by Crippen LogP contribution is 2.29. The third-order valence-corrected chi connectivity index (χ3v) is 4.04. The van der Waals surface area contributed by atoms with E-state index in [9.17, 15) is 14.9 Å². The lowest BCUT2D eigenvalue weighted by Crippen LogP contribution is -2.15. The molecule has 0 saturated heterocycles. The number of hydrogen-bond donors (Lipinski definition) is 1. The molecule has 142 valence electrons. The van der Waals surface area contributed by atoms with Crippen molar-refractivity contribution in [2.24, 2.45) is 0 Å². The number of methoxy groups -OCH3 is 1. The molecule has 1 aromatic heterocycles. The molecule has 0 atom stereocenters. The molecule has 3 rings (SSSR count). The molecule has 0 bridgehead atoms. The number of carbonyl (C=O) groups excluding carboxylic acids is 1. The minimum absolute atomic E-state index is 0.117. The third kappa shape index (κ3) is 4.07. The summed E-state index contributed by atoms with van der Waals surface area (Å²) in [6.07, 6.45) is 1.53. The lowest BCUT2D eigenvalue weighted by atomic mass is 10.1. The summed E-state index contributed by atoms with van der Waals surface area (Å²) >= 11 is 0. The van der Waals surface area contributed by atoms with Gasteiger partial charge >= 0.3 is 0 Å². The Morgan fingerprint density at radius 1 is 1.07 bits per heavy atom. The highest BCUT2D eigenvalue weighted by atomic mass is 16.6. The van der Waals surface area contributed by atoms with Crippen LogP contribution in [0.15, 0.2) is 60.8 Å². The molecule has 2 aromatic carbocycles. The van der Waals surface area contributed by atoms with Gasteiger partial charge in [-0.25, -0.2) is 4.98 Å². The van der Waals surface area contributed by atoms with Crippen molar-refractivity contribution in [3.8, 4) is 17.4 Å². The Morgan fingerprint density at radius 2 is 1.79 bits per heavy atom. The average Bonchev–Trinajstić information content (AvgIpc) is 2.70. The zero-order chi connectivity index (χ0) is 20.1. The molecule has 8 heteroatoms. The Kier molecular flexibility index (Phi) is 5.50. The summed E-state index contributed by atoms with van der Waals surface area (Å²) in [6, 6.07) is 14.5. The molecular weight excluding hydrogens is 362 g/mol. The predicted molar refractivity (Wildman–Crippen MR) is 103 cm³/mol. The van der Waals surface area contributed by atoms with Gasteiger partial charge in [-0.2, -0.15) is 0 Å². The Balaban J connectivity index is 1.84. The summed E-state index contributed by atoms with van der Waals surface area (Å²) in [5, 5.41) is 13.8. The molecular formula is C20H17N3O5. The summed E-state index contributed by atoms with van der Waals surface area (Å²) in [6.45, 7) is 1.53. The van der Waals surface area contributed by atoms with Gasteiger partial charge in [0.25, 0.3) is 11.6 Å². The molecule has 1 amide bonds. The number of amides is 1. The number of ether oxygens (including phenoxy) is 2. The number of anilines is 1. The summed E-state index contributed by atoms with van der Waals surface area (Å²) in [4.78, 5) is 27.4. The molecule has 8 nitrogen and oxygen atoms in total. The first-order valence-electron chi connectivity index (χ1n) is 8.32. The maximum absolute atomic E-state index is 12.7. The van der Waals surface area contributed by atoms with E-state index in [1.54, 1.807) is 43.5 Å². The van der Waals surface area contributed by atoms with Crippen LogP contribution >= 0.6 is 0 Å². The van der Waals surface area contributed by atoms with Crippen molar-refractivity contribution in [1.29, 1.82) is 0 Å². The SMILES string of the molecule is COc1ccc(Oc2ncccc2NC(=O)c2cccc([N+](=O)[O-])c2C)cc1. The van der Waals surface area contributed by atoms with Crippen LogP contribution in [-0.2, 0) is 0 Å². The molecule has 0 saturated carbocycles. The van der Waals surface area contributed by atoms with Gasteiger partial charge < -0.3 is 14.8 Å². The van der Waals surface area contributed by atoms with E-state index >= 15 is 0 Å². The molecule has 3 aromatic rings. The normalized spacial score (nSPS) is 10.2. The molecule has 0 aliphatic carbocycles. The largest absolute Gasteiger partial charge is 0.497 e. The lowest BCUT2D eigenvalue weighted by Gasteiger charge is -2.12. The van der Waals surface area contributed by atoms with Crippen molar-refractivity contribution in [2.75, 3.05) is 12.4 Å². The number of aromatic nitrogens is 1. The van der Waals surface area contributed by atoms with Crippen molar-refractivity contribution >= 4 is 17.3 Å². The third-order valence-electron chi connectivity index (χ3n) is 4.04. The summed E-state index contributed by atoms with van der Waals surface area (Å²) in [7, 11) is 1.57. The fraction of sp³-hybridized carbons (Fsp3) is 0.100. The van der Waals surface area contributed by atoms with Gasteiger partial charge in [0.2, 0.25) is 5.88 Å². The smallest absolute Gasteiger partial charge is 0.273 e. The number of nitrogens with zero attached hydrogens (tertiary/aromatic N) is 2. The fourth-order valence-corrected chi connectivity index (χ4v) is 2.58. The van der Waals surface area contributed by atoms with Crippen LogP contribution in [-0.4, -0.2) is 22.9 Å². The zero-order valence-electron chi connectivity index (χ0n) is 15.2. The summed E-state index contributed by atoms with van der Waals surface area (Å²) in [5.74, 6) is 0.905. The number of rotatable bonds is 6. The number of pyridine rings is 1. The van der Waals surface area contributed by atoms with Crippen LogP contribution in [0.1, 0.15) is 15.9 Å². The van der Waals surface area contributed by atoms with E-state index in [4.69, 9.17) is 9.47 Å². The van der Waals surface area contributed by atoms with E-state index in [0.717, 1.165) is 0 Å². The summed E-state index contributed by atoms with van der Waals surface area (Å²) in [5.41, 5.74) is 0.711. The number of nitro groups is 1. The Hall–Kier alpha value is -3.94. The molecule has 0 radical (unpaired) electrons. The highest BCUT2D eigenvalue weighted by molar-refractivity contribution is 6.06. The van der Waals surface area contributed by atoms with Crippen LogP contribution in [0.4, 0.5) is 11.4 Å². The average molecular weight is 379 g/mol. The maximum Gasteiger partial charge on any atom is 0.273 e. The standard InChI is InChI=1S/C20H17N3O5/c1-13-16(5-3-7-18(13)23(25)26)19(24)22-17-6-4-12-21-20(17)28-15-10-8-14(27-2)9-11-15/h3-12H,1-2H3,(H,22,24). The van der Waals surface area contributed by atoms with E-state index in [1.165, 1.54) is 31.3 Å². The number of nitrogens with one attached hydrogen (secondary N) is 1. The van der Waals surface area contributed by atoms with Gasteiger partial charge in [-0.15, -0.1) is 0 Å². The highest BCUT2D eigenvalue weighted by Gasteiger charge is 2.19. The van der Waals surface area contributed by atoms with Gasteiger partial charge in [0.1, 0.15) is 17.2 Å². The van der Waals surface area contributed by atoms with Gasteiger partial charge in [-0.3, -0.25) is 14.9 Å². The molecule has 0 aliphatic heterocycles. The lowest BCUT2D eigenvalue weighted by molar-refractivity contribution is -0.385. The van der Waals surface area contributed by atoms with E-state index in [1.807, 2.05) is 0 Å². The minimum atomic E-state index is -0.519. The maximum atomic E-state index is 12.7. The van der Waals surface area contributed by atoms with Gasteiger partial charge in [0.05, 0.1) is 12.0 Å². The van der Waals surface area contributed by atoms with Crippen molar-refractivity contribution < 1.29 is 19.2 Å². The quantitative estimate of drug-likeness (QED) is 0.504. The number of benzene rings is 2. The Morgan fingerprint density at radius 3 is 2.46 bits per heavy atom. The Bertz CT molecular complexity index is 1020. The molecule has 0 spiro atoms.